The van der Waals surface area contributed by atoms with Gasteiger partial charge in [-0.25, -0.2) is 4.98 Å². The molecule has 5 heteroatoms. The average Bonchev–Trinajstić information content (AvgIpc) is 2.15. The number of pyridine rings is 1. The van der Waals surface area contributed by atoms with Crippen molar-refractivity contribution in [3.63, 3.8) is 0 Å². The van der Waals surface area contributed by atoms with Gasteiger partial charge < -0.3 is 5.73 Å². The maximum absolute atomic E-state index is 12.2. The van der Waals surface area contributed by atoms with E-state index in [0.717, 1.165) is 6.07 Å². The smallest absolute Gasteiger partial charge is 0.433 e. The molecular formula is C9H10F3N2-. The predicted molar refractivity (Wildman–Crippen MR) is 46.6 cm³/mol. The van der Waals surface area contributed by atoms with Gasteiger partial charge in [0.1, 0.15) is 5.69 Å². The Bertz CT molecular complexity index is 309. The van der Waals surface area contributed by atoms with Crippen LogP contribution in [-0.4, -0.2) is 4.98 Å². The molecule has 1 N–H and O–H groups in total. The van der Waals surface area contributed by atoms with Gasteiger partial charge in [-0.05, 0) is 12.1 Å². The molecule has 0 unspecified atom stereocenters. The molecule has 0 spiro atoms. The summed E-state index contributed by atoms with van der Waals surface area (Å²) < 4.78 is 36.6. The van der Waals surface area contributed by atoms with Crippen LogP contribution in [0.3, 0.4) is 0 Å². The van der Waals surface area contributed by atoms with Crippen LogP contribution in [0.4, 0.5) is 13.2 Å². The van der Waals surface area contributed by atoms with Crippen LogP contribution < -0.4 is 0 Å². The molecule has 14 heavy (non-hydrogen) atoms. The standard InChI is InChI=1S/C9H10F3N2/c1-2-6(13)7-4-3-5-8(14-7)9(10,11)12/h3-6,13H,2H2,1H3/q-1/t6-/m1/s1. The molecule has 0 aliphatic heterocycles. The second-order valence-electron chi connectivity index (χ2n) is 2.91. The van der Waals surface area contributed by atoms with E-state index in [9.17, 15) is 13.2 Å². The molecule has 0 bridgehead atoms. The van der Waals surface area contributed by atoms with Crippen molar-refractivity contribution in [3.8, 4) is 0 Å². The highest BCUT2D eigenvalue weighted by Crippen LogP contribution is 2.29. The molecule has 0 saturated heterocycles. The molecule has 1 aromatic rings. The molecule has 0 fully saturated rings. The minimum Gasteiger partial charge on any atom is -0.670 e. The Morgan fingerprint density at radius 1 is 1.43 bits per heavy atom. The summed E-state index contributed by atoms with van der Waals surface area (Å²) in [6, 6.07) is 2.95. The van der Waals surface area contributed by atoms with Gasteiger partial charge in [0.05, 0.1) is 0 Å². The molecule has 1 rings (SSSR count). The number of rotatable bonds is 2. The third-order valence-corrected chi connectivity index (χ3v) is 1.83. The van der Waals surface area contributed by atoms with Crippen molar-refractivity contribution in [2.75, 3.05) is 0 Å². The fraction of sp³-hybridized carbons (Fsp3) is 0.444. The summed E-state index contributed by atoms with van der Waals surface area (Å²) in [6.45, 7) is 1.74. The van der Waals surface area contributed by atoms with Crippen molar-refractivity contribution in [2.24, 2.45) is 0 Å². The molecule has 0 amide bonds. The normalized spacial score (nSPS) is 14.1. The quantitative estimate of drug-likeness (QED) is 0.723. The summed E-state index contributed by atoms with van der Waals surface area (Å²) in [6.07, 6.45) is -3.97. The third kappa shape index (κ3) is 2.45. The lowest BCUT2D eigenvalue weighted by molar-refractivity contribution is -0.141. The van der Waals surface area contributed by atoms with Crippen molar-refractivity contribution in [1.82, 2.24) is 4.98 Å². The molecular weight excluding hydrogens is 193 g/mol. The molecule has 2 nitrogen and oxygen atoms in total. The van der Waals surface area contributed by atoms with E-state index in [1.807, 2.05) is 0 Å². The van der Waals surface area contributed by atoms with Crippen molar-refractivity contribution in [1.29, 1.82) is 0 Å². The van der Waals surface area contributed by atoms with Gasteiger partial charge in [0.25, 0.3) is 0 Å². The fourth-order valence-electron chi connectivity index (χ4n) is 1.01. The van der Waals surface area contributed by atoms with Gasteiger partial charge in [0.2, 0.25) is 0 Å². The lowest BCUT2D eigenvalue weighted by Crippen LogP contribution is -2.09. The number of nitrogens with zero attached hydrogens (tertiary/aromatic N) is 1. The van der Waals surface area contributed by atoms with Crippen LogP contribution >= 0.6 is 0 Å². The molecule has 78 valence electrons. The van der Waals surface area contributed by atoms with Crippen molar-refractivity contribution in [3.05, 3.63) is 35.3 Å². The van der Waals surface area contributed by atoms with E-state index in [-0.39, 0.29) is 5.69 Å². The van der Waals surface area contributed by atoms with Crippen LogP contribution in [0.25, 0.3) is 5.73 Å². The maximum atomic E-state index is 12.2. The Kier molecular flexibility index (Phi) is 3.10. The topological polar surface area (TPSA) is 36.7 Å². The van der Waals surface area contributed by atoms with E-state index in [2.05, 4.69) is 4.98 Å². The van der Waals surface area contributed by atoms with E-state index in [1.54, 1.807) is 6.92 Å². The second-order valence-corrected chi connectivity index (χ2v) is 2.91. The lowest BCUT2D eigenvalue weighted by atomic mass is 10.1. The third-order valence-electron chi connectivity index (χ3n) is 1.83. The second kappa shape index (κ2) is 3.96. The van der Waals surface area contributed by atoms with Gasteiger partial charge in [-0.15, -0.1) is 0 Å². The van der Waals surface area contributed by atoms with Crippen molar-refractivity contribution < 1.29 is 13.2 Å². The van der Waals surface area contributed by atoms with Crippen LogP contribution in [0.1, 0.15) is 30.8 Å². The van der Waals surface area contributed by atoms with Gasteiger partial charge in [-0.1, -0.05) is 25.5 Å². The Hall–Kier alpha value is -1.10. The van der Waals surface area contributed by atoms with E-state index in [1.165, 1.54) is 12.1 Å². The first kappa shape index (κ1) is 11.0. The predicted octanol–water partition coefficient (Wildman–Crippen LogP) is 3.60. The van der Waals surface area contributed by atoms with Crippen molar-refractivity contribution in [2.45, 2.75) is 25.6 Å². The highest BCUT2D eigenvalue weighted by Gasteiger charge is 2.32. The molecule has 1 aromatic heterocycles. The van der Waals surface area contributed by atoms with Crippen LogP contribution in [-0.2, 0) is 6.18 Å². The first-order valence-electron chi connectivity index (χ1n) is 4.20. The lowest BCUT2D eigenvalue weighted by Gasteiger charge is -2.18. The fourth-order valence-corrected chi connectivity index (χ4v) is 1.01. The summed E-state index contributed by atoms with van der Waals surface area (Å²) in [7, 11) is 0. The first-order valence-corrected chi connectivity index (χ1v) is 4.20. The minimum atomic E-state index is -4.43. The Labute approximate surface area is 79.9 Å². The van der Waals surface area contributed by atoms with E-state index in [0.29, 0.717) is 6.42 Å². The van der Waals surface area contributed by atoms with E-state index in [4.69, 9.17) is 5.73 Å². The number of halogens is 3. The molecule has 0 saturated carbocycles. The van der Waals surface area contributed by atoms with Crippen LogP contribution in [0.2, 0.25) is 0 Å². The Morgan fingerprint density at radius 3 is 2.57 bits per heavy atom. The maximum Gasteiger partial charge on any atom is 0.433 e. The zero-order valence-electron chi connectivity index (χ0n) is 7.60. The largest absolute Gasteiger partial charge is 0.670 e. The molecule has 1 heterocycles. The summed E-state index contributed by atoms with van der Waals surface area (Å²) in [5, 5.41) is 0. The van der Waals surface area contributed by atoms with Gasteiger partial charge >= 0.3 is 6.18 Å². The monoisotopic (exact) mass is 203 g/mol. The Morgan fingerprint density at radius 2 is 2.07 bits per heavy atom. The van der Waals surface area contributed by atoms with E-state index >= 15 is 0 Å². The van der Waals surface area contributed by atoms with E-state index < -0.39 is 17.9 Å². The van der Waals surface area contributed by atoms with Gasteiger partial charge in [0.15, 0.2) is 0 Å². The van der Waals surface area contributed by atoms with Gasteiger partial charge in [-0.3, -0.25) is 0 Å². The van der Waals surface area contributed by atoms with Gasteiger partial charge in [0, 0.05) is 5.69 Å². The minimum absolute atomic E-state index is 0.169. The van der Waals surface area contributed by atoms with Gasteiger partial charge in [-0.2, -0.15) is 13.2 Å². The number of hydrogen-bond donors (Lipinski definition) is 0. The molecule has 0 radical (unpaired) electrons. The average molecular weight is 203 g/mol. The number of nitrogens with one attached hydrogen (secondary N) is 1. The first-order chi connectivity index (χ1) is 6.45. The summed E-state index contributed by atoms with van der Waals surface area (Å²) in [5.74, 6) is 0. The molecule has 0 aliphatic carbocycles. The van der Waals surface area contributed by atoms with Crippen molar-refractivity contribution >= 4 is 0 Å². The highest BCUT2D eigenvalue weighted by atomic mass is 19.4. The zero-order valence-corrected chi connectivity index (χ0v) is 7.60. The van der Waals surface area contributed by atoms with Crippen LogP contribution in [0, 0.1) is 0 Å². The number of alkyl halides is 3. The van der Waals surface area contributed by atoms with Crippen LogP contribution in [0.15, 0.2) is 18.2 Å². The SMILES string of the molecule is CC[C@@H]([NH-])c1cccc(C(F)(F)F)n1. The number of hydrogen-bond acceptors (Lipinski definition) is 1. The summed E-state index contributed by atoms with van der Waals surface area (Å²) >= 11 is 0. The zero-order chi connectivity index (χ0) is 10.8. The van der Waals surface area contributed by atoms with Crippen LogP contribution in [0.5, 0.6) is 0 Å². The summed E-state index contributed by atoms with van der Waals surface area (Å²) in [5.41, 5.74) is 6.67. The summed E-state index contributed by atoms with van der Waals surface area (Å²) in [4.78, 5) is 3.40. The highest BCUT2D eigenvalue weighted by molar-refractivity contribution is 5.17. The number of aromatic nitrogens is 1. The molecule has 0 aromatic carbocycles. The Balaban J connectivity index is 3.01. The molecule has 1 atom stereocenters. The molecule has 0 aliphatic rings.